The molecule has 0 radical (unpaired) electrons. The summed E-state index contributed by atoms with van der Waals surface area (Å²) >= 11 is 0. The lowest BCUT2D eigenvalue weighted by Gasteiger charge is -2.15. The van der Waals surface area contributed by atoms with Gasteiger partial charge in [0, 0.05) is 44.6 Å². The van der Waals surface area contributed by atoms with Crippen LogP contribution < -0.4 is 15.4 Å². The van der Waals surface area contributed by atoms with Gasteiger partial charge in [-0.3, -0.25) is 14.6 Å². The lowest BCUT2D eigenvalue weighted by atomic mass is 10.1. The van der Waals surface area contributed by atoms with E-state index < -0.39 is 0 Å². The fourth-order valence-electron chi connectivity index (χ4n) is 3.23. The number of aromatic hydroxyl groups is 1. The standard InChI is InChI=1S/C25H28N4O4/c1-4-33-23-13-17(8-9-22(23)30)15-26-16-18-11-19(25(32)29(2)3)14-20(12-18)28-24(31)21-7-5-6-10-27-21/h5-14,26,30H,4,15-16H2,1-3H3,(H,28,31). The topological polar surface area (TPSA) is 104 Å². The highest BCUT2D eigenvalue weighted by molar-refractivity contribution is 6.04. The number of carbonyl (C=O) groups is 2. The minimum Gasteiger partial charge on any atom is -0.504 e. The summed E-state index contributed by atoms with van der Waals surface area (Å²) in [6, 6.07) is 15.6. The lowest BCUT2D eigenvalue weighted by Crippen LogP contribution is -2.23. The second-order valence-electron chi connectivity index (χ2n) is 7.63. The maximum absolute atomic E-state index is 12.6. The number of amides is 2. The Bertz CT molecular complexity index is 1120. The molecule has 172 valence electrons. The molecule has 0 saturated carbocycles. The van der Waals surface area contributed by atoms with E-state index in [1.165, 1.54) is 4.90 Å². The Kier molecular flexibility index (Phi) is 7.99. The molecule has 0 aliphatic carbocycles. The van der Waals surface area contributed by atoms with E-state index in [9.17, 15) is 14.7 Å². The van der Waals surface area contributed by atoms with Gasteiger partial charge in [0.05, 0.1) is 6.61 Å². The van der Waals surface area contributed by atoms with E-state index >= 15 is 0 Å². The molecule has 0 spiro atoms. The Morgan fingerprint density at radius 3 is 2.52 bits per heavy atom. The molecule has 0 bridgehead atoms. The number of benzene rings is 2. The molecule has 3 N–H and O–H groups in total. The molecule has 2 amide bonds. The van der Waals surface area contributed by atoms with E-state index in [1.54, 1.807) is 62.8 Å². The van der Waals surface area contributed by atoms with E-state index in [-0.39, 0.29) is 17.6 Å². The molecule has 2 aromatic carbocycles. The summed E-state index contributed by atoms with van der Waals surface area (Å²) in [4.78, 5) is 30.7. The molecule has 0 atom stereocenters. The van der Waals surface area contributed by atoms with Gasteiger partial charge < -0.3 is 25.4 Å². The molecule has 0 aliphatic rings. The zero-order chi connectivity index (χ0) is 23.8. The Labute approximate surface area is 193 Å². The second-order valence-corrected chi connectivity index (χ2v) is 7.63. The number of anilines is 1. The summed E-state index contributed by atoms with van der Waals surface area (Å²) in [6.45, 7) is 3.31. The SMILES string of the molecule is CCOc1cc(CNCc2cc(NC(=O)c3ccccn3)cc(C(=O)N(C)C)c2)ccc1O. The monoisotopic (exact) mass is 448 g/mol. The maximum Gasteiger partial charge on any atom is 0.274 e. The second kappa shape index (κ2) is 11.1. The number of rotatable bonds is 9. The van der Waals surface area contributed by atoms with Crippen LogP contribution in [0.4, 0.5) is 5.69 Å². The number of phenolic OH excluding ortho intramolecular Hbond substituents is 1. The van der Waals surface area contributed by atoms with Crippen LogP contribution in [-0.2, 0) is 13.1 Å². The van der Waals surface area contributed by atoms with Crippen LogP contribution in [0.2, 0.25) is 0 Å². The number of nitrogens with one attached hydrogen (secondary N) is 2. The summed E-state index contributed by atoms with van der Waals surface area (Å²) in [5.41, 5.74) is 3.06. The first-order valence-electron chi connectivity index (χ1n) is 10.6. The summed E-state index contributed by atoms with van der Waals surface area (Å²) in [5.74, 6) is 0.0280. The van der Waals surface area contributed by atoms with Gasteiger partial charge >= 0.3 is 0 Å². The number of aromatic nitrogens is 1. The van der Waals surface area contributed by atoms with Gasteiger partial charge in [-0.25, -0.2) is 0 Å². The van der Waals surface area contributed by atoms with Crippen molar-refractivity contribution in [1.82, 2.24) is 15.2 Å². The molecule has 3 aromatic rings. The number of pyridine rings is 1. The fraction of sp³-hybridized carbons (Fsp3) is 0.240. The number of hydrogen-bond donors (Lipinski definition) is 3. The van der Waals surface area contributed by atoms with E-state index in [1.807, 2.05) is 19.1 Å². The third kappa shape index (κ3) is 6.54. The summed E-state index contributed by atoms with van der Waals surface area (Å²) in [5, 5.41) is 16.0. The van der Waals surface area contributed by atoms with Gasteiger partial charge in [0.15, 0.2) is 11.5 Å². The fourth-order valence-corrected chi connectivity index (χ4v) is 3.23. The van der Waals surface area contributed by atoms with E-state index in [2.05, 4.69) is 15.6 Å². The van der Waals surface area contributed by atoms with Crippen LogP contribution >= 0.6 is 0 Å². The molecular formula is C25H28N4O4. The maximum atomic E-state index is 12.6. The number of hydrogen-bond acceptors (Lipinski definition) is 6. The van der Waals surface area contributed by atoms with Gasteiger partial charge in [-0.15, -0.1) is 0 Å². The molecule has 8 nitrogen and oxygen atoms in total. The molecule has 0 unspecified atom stereocenters. The molecule has 1 heterocycles. The Hall–Kier alpha value is -3.91. The van der Waals surface area contributed by atoms with Crippen molar-refractivity contribution in [3.05, 3.63) is 83.2 Å². The molecule has 3 rings (SSSR count). The first-order chi connectivity index (χ1) is 15.9. The highest BCUT2D eigenvalue weighted by Gasteiger charge is 2.13. The predicted molar refractivity (Wildman–Crippen MR) is 126 cm³/mol. The van der Waals surface area contributed by atoms with Crippen molar-refractivity contribution in [1.29, 1.82) is 0 Å². The van der Waals surface area contributed by atoms with Crippen molar-refractivity contribution in [3.63, 3.8) is 0 Å². The highest BCUT2D eigenvalue weighted by Crippen LogP contribution is 2.26. The first kappa shape index (κ1) is 23.7. The van der Waals surface area contributed by atoms with Crippen molar-refractivity contribution in [2.75, 3.05) is 26.0 Å². The molecule has 0 saturated heterocycles. The van der Waals surface area contributed by atoms with Crippen molar-refractivity contribution in [2.24, 2.45) is 0 Å². The molecule has 0 aliphatic heterocycles. The number of phenols is 1. The van der Waals surface area contributed by atoms with E-state index in [0.29, 0.717) is 42.4 Å². The van der Waals surface area contributed by atoms with Crippen LogP contribution in [-0.4, -0.2) is 47.5 Å². The summed E-state index contributed by atoms with van der Waals surface area (Å²) in [6.07, 6.45) is 1.55. The van der Waals surface area contributed by atoms with Crippen LogP contribution in [0.3, 0.4) is 0 Å². The van der Waals surface area contributed by atoms with Crippen molar-refractivity contribution < 1.29 is 19.4 Å². The predicted octanol–water partition coefficient (Wildman–Crippen LogP) is 3.43. The van der Waals surface area contributed by atoms with Gasteiger partial charge in [0.25, 0.3) is 11.8 Å². The van der Waals surface area contributed by atoms with Crippen molar-refractivity contribution >= 4 is 17.5 Å². The normalized spacial score (nSPS) is 10.5. The van der Waals surface area contributed by atoms with Crippen LogP contribution in [0.5, 0.6) is 11.5 Å². The Morgan fingerprint density at radius 1 is 1.03 bits per heavy atom. The van der Waals surface area contributed by atoms with Crippen LogP contribution in [0.25, 0.3) is 0 Å². The molecular weight excluding hydrogens is 420 g/mol. The van der Waals surface area contributed by atoms with Gasteiger partial charge in [-0.05, 0) is 60.5 Å². The van der Waals surface area contributed by atoms with Crippen LogP contribution in [0.1, 0.15) is 38.9 Å². The van der Waals surface area contributed by atoms with E-state index in [4.69, 9.17) is 4.74 Å². The van der Waals surface area contributed by atoms with Crippen LogP contribution in [0.15, 0.2) is 60.8 Å². The Balaban J connectivity index is 1.75. The quantitative estimate of drug-likeness (QED) is 0.463. The summed E-state index contributed by atoms with van der Waals surface area (Å²) < 4.78 is 5.43. The van der Waals surface area contributed by atoms with Crippen LogP contribution in [0, 0.1) is 0 Å². The number of nitrogens with zero attached hydrogens (tertiary/aromatic N) is 2. The largest absolute Gasteiger partial charge is 0.504 e. The molecule has 1 aromatic heterocycles. The van der Waals surface area contributed by atoms with Gasteiger partial charge in [0.2, 0.25) is 0 Å². The van der Waals surface area contributed by atoms with Crippen molar-refractivity contribution in [2.45, 2.75) is 20.0 Å². The zero-order valence-electron chi connectivity index (χ0n) is 19.0. The first-order valence-corrected chi connectivity index (χ1v) is 10.6. The van der Waals surface area contributed by atoms with E-state index in [0.717, 1.165) is 11.1 Å². The minimum absolute atomic E-state index is 0.101. The molecule has 0 fully saturated rings. The highest BCUT2D eigenvalue weighted by atomic mass is 16.5. The zero-order valence-corrected chi connectivity index (χ0v) is 19.0. The van der Waals surface area contributed by atoms with Gasteiger partial charge in [0.1, 0.15) is 5.69 Å². The molecule has 33 heavy (non-hydrogen) atoms. The number of carbonyl (C=O) groups excluding carboxylic acids is 2. The van der Waals surface area contributed by atoms with Gasteiger partial charge in [-0.1, -0.05) is 12.1 Å². The third-order valence-corrected chi connectivity index (χ3v) is 4.78. The summed E-state index contributed by atoms with van der Waals surface area (Å²) in [7, 11) is 3.36. The lowest BCUT2D eigenvalue weighted by molar-refractivity contribution is 0.0827. The third-order valence-electron chi connectivity index (χ3n) is 4.78. The van der Waals surface area contributed by atoms with Gasteiger partial charge in [-0.2, -0.15) is 0 Å². The number of ether oxygens (including phenoxy) is 1. The Morgan fingerprint density at radius 2 is 1.82 bits per heavy atom. The minimum atomic E-state index is -0.350. The molecule has 8 heteroatoms. The smallest absolute Gasteiger partial charge is 0.274 e. The average Bonchev–Trinajstić information content (AvgIpc) is 2.81. The average molecular weight is 449 g/mol. The van der Waals surface area contributed by atoms with Crippen molar-refractivity contribution in [3.8, 4) is 11.5 Å².